The molecule has 2 unspecified atom stereocenters. The SMILES string of the molecule is CC1CCCC(C(=O)Nc2ccc(OCCCc3ccccc3)cc2)N1. The van der Waals surface area contributed by atoms with Gasteiger partial charge in [-0.05, 0) is 68.9 Å². The van der Waals surface area contributed by atoms with Crippen LogP contribution >= 0.6 is 0 Å². The Kier molecular flexibility index (Phi) is 6.67. The van der Waals surface area contributed by atoms with Crippen LogP contribution in [0, 0.1) is 0 Å². The van der Waals surface area contributed by atoms with Gasteiger partial charge in [0, 0.05) is 11.7 Å². The summed E-state index contributed by atoms with van der Waals surface area (Å²) < 4.78 is 5.79. The van der Waals surface area contributed by atoms with E-state index in [0.717, 1.165) is 43.5 Å². The highest BCUT2D eigenvalue weighted by atomic mass is 16.5. The van der Waals surface area contributed by atoms with Gasteiger partial charge in [-0.25, -0.2) is 0 Å². The van der Waals surface area contributed by atoms with Crippen molar-refractivity contribution in [1.29, 1.82) is 0 Å². The van der Waals surface area contributed by atoms with Crippen molar-refractivity contribution in [1.82, 2.24) is 5.32 Å². The molecule has 2 aromatic carbocycles. The van der Waals surface area contributed by atoms with Crippen molar-refractivity contribution in [3.63, 3.8) is 0 Å². The van der Waals surface area contributed by atoms with Gasteiger partial charge in [-0.2, -0.15) is 0 Å². The molecule has 0 saturated carbocycles. The molecular weight excluding hydrogens is 324 g/mol. The first-order chi connectivity index (χ1) is 12.7. The lowest BCUT2D eigenvalue weighted by molar-refractivity contribution is -0.118. The van der Waals surface area contributed by atoms with Gasteiger partial charge in [0.25, 0.3) is 0 Å². The van der Waals surface area contributed by atoms with E-state index < -0.39 is 0 Å². The summed E-state index contributed by atoms with van der Waals surface area (Å²) >= 11 is 0. The Morgan fingerprint density at radius 3 is 2.62 bits per heavy atom. The Bertz CT molecular complexity index is 685. The fourth-order valence-corrected chi connectivity index (χ4v) is 3.32. The monoisotopic (exact) mass is 352 g/mol. The predicted octanol–water partition coefficient (Wildman–Crippen LogP) is 4.17. The Hall–Kier alpha value is -2.33. The smallest absolute Gasteiger partial charge is 0.241 e. The molecule has 0 aromatic heterocycles. The van der Waals surface area contributed by atoms with Crippen LogP contribution in [0.1, 0.15) is 38.2 Å². The van der Waals surface area contributed by atoms with Crippen molar-refractivity contribution in [2.24, 2.45) is 0 Å². The average Bonchev–Trinajstić information content (AvgIpc) is 2.67. The summed E-state index contributed by atoms with van der Waals surface area (Å²) in [6.45, 7) is 2.81. The zero-order valence-electron chi connectivity index (χ0n) is 15.4. The zero-order chi connectivity index (χ0) is 18.2. The highest BCUT2D eigenvalue weighted by Crippen LogP contribution is 2.18. The molecule has 1 saturated heterocycles. The van der Waals surface area contributed by atoms with Crippen LogP contribution in [0.3, 0.4) is 0 Å². The first-order valence-electron chi connectivity index (χ1n) is 9.54. The van der Waals surface area contributed by atoms with Gasteiger partial charge < -0.3 is 15.4 Å². The molecule has 138 valence electrons. The quantitative estimate of drug-likeness (QED) is 0.736. The zero-order valence-corrected chi connectivity index (χ0v) is 15.4. The van der Waals surface area contributed by atoms with Gasteiger partial charge in [-0.1, -0.05) is 30.3 Å². The number of hydrogen-bond acceptors (Lipinski definition) is 3. The van der Waals surface area contributed by atoms with Crippen LogP contribution in [0.2, 0.25) is 0 Å². The average molecular weight is 352 g/mol. The lowest BCUT2D eigenvalue weighted by atomic mass is 9.99. The molecule has 4 nitrogen and oxygen atoms in total. The van der Waals surface area contributed by atoms with Gasteiger partial charge in [0.05, 0.1) is 12.6 Å². The number of hydrogen-bond donors (Lipinski definition) is 2. The maximum absolute atomic E-state index is 12.3. The van der Waals surface area contributed by atoms with E-state index in [1.165, 1.54) is 5.56 Å². The topological polar surface area (TPSA) is 50.4 Å². The van der Waals surface area contributed by atoms with Crippen molar-refractivity contribution in [3.05, 3.63) is 60.2 Å². The molecule has 2 N–H and O–H groups in total. The molecule has 0 aliphatic carbocycles. The Balaban J connectivity index is 1.41. The summed E-state index contributed by atoms with van der Waals surface area (Å²) in [6.07, 6.45) is 5.14. The number of aryl methyl sites for hydroxylation is 1. The van der Waals surface area contributed by atoms with Crippen molar-refractivity contribution in [2.45, 2.75) is 51.1 Å². The van der Waals surface area contributed by atoms with E-state index in [1.807, 2.05) is 30.3 Å². The third kappa shape index (κ3) is 5.60. The third-order valence-electron chi connectivity index (χ3n) is 4.78. The summed E-state index contributed by atoms with van der Waals surface area (Å²) in [4.78, 5) is 12.3. The molecule has 1 aliphatic heterocycles. The van der Waals surface area contributed by atoms with Crippen LogP contribution < -0.4 is 15.4 Å². The third-order valence-corrected chi connectivity index (χ3v) is 4.78. The number of amides is 1. The minimum atomic E-state index is -0.0901. The van der Waals surface area contributed by atoms with Crippen molar-refractivity contribution in [2.75, 3.05) is 11.9 Å². The van der Waals surface area contributed by atoms with Crippen LogP contribution in [0.4, 0.5) is 5.69 Å². The fraction of sp³-hybridized carbons (Fsp3) is 0.409. The highest BCUT2D eigenvalue weighted by Gasteiger charge is 2.23. The maximum atomic E-state index is 12.3. The van der Waals surface area contributed by atoms with Crippen LogP contribution in [0.5, 0.6) is 5.75 Å². The molecule has 0 radical (unpaired) electrons. The van der Waals surface area contributed by atoms with Crippen LogP contribution in [-0.4, -0.2) is 24.6 Å². The Labute approximate surface area is 156 Å². The van der Waals surface area contributed by atoms with Gasteiger partial charge in [-0.15, -0.1) is 0 Å². The lowest BCUT2D eigenvalue weighted by Crippen LogP contribution is -2.47. The first-order valence-corrected chi connectivity index (χ1v) is 9.54. The minimum absolute atomic E-state index is 0.0491. The molecule has 1 aliphatic rings. The number of rotatable bonds is 7. The molecule has 26 heavy (non-hydrogen) atoms. The van der Waals surface area contributed by atoms with Gasteiger partial charge >= 0.3 is 0 Å². The Morgan fingerprint density at radius 2 is 1.88 bits per heavy atom. The molecule has 3 rings (SSSR count). The molecule has 1 fully saturated rings. The summed E-state index contributed by atoms with van der Waals surface area (Å²) in [5, 5.41) is 6.35. The predicted molar refractivity (Wildman–Crippen MR) is 106 cm³/mol. The van der Waals surface area contributed by atoms with E-state index >= 15 is 0 Å². The van der Waals surface area contributed by atoms with Crippen LogP contribution in [-0.2, 0) is 11.2 Å². The van der Waals surface area contributed by atoms with E-state index in [-0.39, 0.29) is 11.9 Å². The molecule has 0 spiro atoms. The van der Waals surface area contributed by atoms with E-state index in [1.54, 1.807) is 0 Å². The van der Waals surface area contributed by atoms with Crippen LogP contribution in [0.15, 0.2) is 54.6 Å². The second kappa shape index (κ2) is 9.39. The molecule has 1 heterocycles. The number of carbonyl (C=O) groups excluding carboxylic acids is 1. The van der Waals surface area contributed by atoms with Gasteiger partial charge in [0.15, 0.2) is 0 Å². The number of carbonyl (C=O) groups is 1. The minimum Gasteiger partial charge on any atom is -0.494 e. The van der Waals surface area contributed by atoms with Crippen molar-refractivity contribution < 1.29 is 9.53 Å². The first kappa shape index (κ1) is 18.5. The standard InChI is InChI=1S/C22H28N2O2/c1-17-7-5-11-21(23-17)22(25)24-19-12-14-20(15-13-19)26-16-6-10-18-8-3-2-4-9-18/h2-4,8-9,12-15,17,21,23H,5-7,10-11,16H2,1H3,(H,24,25). The number of ether oxygens (including phenoxy) is 1. The lowest BCUT2D eigenvalue weighted by Gasteiger charge is -2.27. The number of piperidine rings is 1. The Morgan fingerprint density at radius 1 is 1.12 bits per heavy atom. The second-order valence-electron chi connectivity index (χ2n) is 7.00. The molecule has 1 amide bonds. The molecule has 2 aromatic rings. The second-order valence-corrected chi connectivity index (χ2v) is 7.00. The number of anilines is 1. The fourth-order valence-electron chi connectivity index (χ4n) is 3.32. The largest absolute Gasteiger partial charge is 0.494 e. The summed E-state index contributed by atoms with van der Waals surface area (Å²) in [5.41, 5.74) is 2.14. The number of benzene rings is 2. The normalized spacial score (nSPS) is 19.7. The maximum Gasteiger partial charge on any atom is 0.241 e. The summed E-state index contributed by atoms with van der Waals surface area (Å²) in [5.74, 6) is 0.883. The molecule has 2 atom stereocenters. The summed E-state index contributed by atoms with van der Waals surface area (Å²) in [6, 6.07) is 18.4. The molecule has 0 bridgehead atoms. The van der Waals surface area contributed by atoms with Gasteiger partial charge in [-0.3, -0.25) is 4.79 Å². The van der Waals surface area contributed by atoms with E-state index in [2.05, 4.69) is 41.8 Å². The highest BCUT2D eigenvalue weighted by molar-refractivity contribution is 5.94. The van der Waals surface area contributed by atoms with Gasteiger partial charge in [0.2, 0.25) is 5.91 Å². The van der Waals surface area contributed by atoms with Crippen molar-refractivity contribution >= 4 is 11.6 Å². The summed E-state index contributed by atoms with van der Waals surface area (Å²) in [7, 11) is 0. The van der Waals surface area contributed by atoms with E-state index in [4.69, 9.17) is 4.74 Å². The van der Waals surface area contributed by atoms with Crippen molar-refractivity contribution in [3.8, 4) is 5.75 Å². The van der Waals surface area contributed by atoms with Gasteiger partial charge in [0.1, 0.15) is 5.75 Å². The van der Waals surface area contributed by atoms with E-state index in [9.17, 15) is 4.79 Å². The van der Waals surface area contributed by atoms with E-state index in [0.29, 0.717) is 12.6 Å². The van der Waals surface area contributed by atoms with Crippen LogP contribution in [0.25, 0.3) is 0 Å². The molecular formula is C22H28N2O2. The number of nitrogens with one attached hydrogen (secondary N) is 2. The molecule has 4 heteroatoms.